The maximum absolute atomic E-state index is 13.5. The summed E-state index contributed by atoms with van der Waals surface area (Å²) in [4.78, 5) is 15.4. The van der Waals surface area contributed by atoms with E-state index in [0.29, 0.717) is 24.7 Å². The van der Waals surface area contributed by atoms with Crippen LogP contribution in [0.4, 0.5) is 0 Å². The Labute approximate surface area is 232 Å². The molecule has 4 aromatic rings. The first kappa shape index (κ1) is 26.7. The van der Waals surface area contributed by atoms with Crippen molar-refractivity contribution in [2.75, 3.05) is 7.11 Å². The van der Waals surface area contributed by atoms with Crippen molar-refractivity contribution in [1.29, 1.82) is 0 Å². The second-order valence-corrected chi connectivity index (χ2v) is 10.5. The molecule has 1 fully saturated rings. The topological polar surface area (TPSA) is 41.6 Å². The smallest absolute Gasteiger partial charge is 0.254 e. The monoisotopic (exact) mass is 518 g/mol. The molecule has 0 radical (unpaired) electrons. The number of nitrogens with one attached hydrogen (secondary N) is 1. The maximum Gasteiger partial charge on any atom is 0.254 e. The largest absolute Gasteiger partial charge is 0.497 e. The van der Waals surface area contributed by atoms with E-state index in [0.717, 1.165) is 23.4 Å². The second kappa shape index (κ2) is 13.3. The Balaban J connectivity index is 1.25. The fourth-order valence-electron chi connectivity index (χ4n) is 5.33. The molecule has 4 aromatic carbocycles. The van der Waals surface area contributed by atoms with Gasteiger partial charge in [-0.3, -0.25) is 4.79 Å². The Kier molecular flexibility index (Phi) is 9.08. The SMILES string of the molecule is COc1ccc(C(=O)N(Cc2ccccc2)Cc2ccc(-c3ccc(CNC4CCCCC4)cc3)cc2)cc1. The summed E-state index contributed by atoms with van der Waals surface area (Å²) in [5.41, 5.74) is 6.58. The maximum atomic E-state index is 13.5. The Bertz CT molecular complexity index is 1310. The van der Waals surface area contributed by atoms with Gasteiger partial charge in [0.15, 0.2) is 0 Å². The van der Waals surface area contributed by atoms with E-state index in [1.165, 1.54) is 48.8 Å². The number of ether oxygens (including phenoxy) is 1. The molecule has 0 atom stereocenters. The van der Waals surface area contributed by atoms with Crippen LogP contribution in [-0.4, -0.2) is 24.0 Å². The standard InChI is InChI=1S/C35H38N2O2/c1-39-34-22-20-32(21-23-34)35(38)37(25-28-8-4-2-5-9-28)26-29-14-18-31(19-15-29)30-16-12-27(13-17-30)24-36-33-10-6-3-7-11-33/h2,4-5,8-9,12-23,33,36H,3,6-7,10-11,24-26H2,1H3. The predicted molar refractivity (Wildman–Crippen MR) is 159 cm³/mol. The van der Waals surface area contributed by atoms with Crippen LogP contribution >= 0.6 is 0 Å². The van der Waals surface area contributed by atoms with Crippen LogP contribution in [0, 0.1) is 0 Å². The lowest BCUT2D eigenvalue weighted by Crippen LogP contribution is -2.30. The van der Waals surface area contributed by atoms with Crippen LogP contribution in [0.15, 0.2) is 103 Å². The van der Waals surface area contributed by atoms with Crippen molar-refractivity contribution in [2.45, 2.75) is 57.8 Å². The van der Waals surface area contributed by atoms with E-state index in [4.69, 9.17) is 4.74 Å². The van der Waals surface area contributed by atoms with E-state index in [1.54, 1.807) is 7.11 Å². The second-order valence-electron chi connectivity index (χ2n) is 10.5. The van der Waals surface area contributed by atoms with Gasteiger partial charge in [-0.2, -0.15) is 0 Å². The molecule has 1 aliphatic rings. The lowest BCUT2D eigenvalue weighted by molar-refractivity contribution is 0.0730. The summed E-state index contributed by atoms with van der Waals surface area (Å²) in [6, 6.07) is 35.6. The average molecular weight is 519 g/mol. The Morgan fingerprint density at radius 1 is 0.718 bits per heavy atom. The number of carbonyl (C=O) groups excluding carboxylic acids is 1. The van der Waals surface area contributed by atoms with E-state index >= 15 is 0 Å². The van der Waals surface area contributed by atoms with Gasteiger partial charge < -0.3 is 15.0 Å². The van der Waals surface area contributed by atoms with Gasteiger partial charge in [-0.15, -0.1) is 0 Å². The third kappa shape index (κ3) is 7.36. The van der Waals surface area contributed by atoms with Gasteiger partial charge in [-0.05, 0) is 64.9 Å². The molecule has 1 N–H and O–H groups in total. The van der Waals surface area contributed by atoms with Crippen LogP contribution in [0.3, 0.4) is 0 Å². The third-order valence-electron chi connectivity index (χ3n) is 7.66. The van der Waals surface area contributed by atoms with E-state index in [2.05, 4.69) is 66.0 Å². The number of methoxy groups -OCH3 is 1. The minimum absolute atomic E-state index is 0.00278. The number of carbonyl (C=O) groups is 1. The zero-order valence-corrected chi connectivity index (χ0v) is 22.8. The molecule has 4 nitrogen and oxygen atoms in total. The van der Waals surface area contributed by atoms with Crippen LogP contribution < -0.4 is 10.1 Å². The van der Waals surface area contributed by atoms with Gasteiger partial charge in [0.1, 0.15) is 5.75 Å². The van der Waals surface area contributed by atoms with Gasteiger partial charge in [-0.25, -0.2) is 0 Å². The van der Waals surface area contributed by atoms with Gasteiger partial charge in [-0.1, -0.05) is 98.1 Å². The summed E-state index contributed by atoms with van der Waals surface area (Å²) < 4.78 is 5.26. The molecule has 0 aromatic heterocycles. The molecule has 0 bridgehead atoms. The van der Waals surface area contributed by atoms with Crippen LogP contribution in [0.2, 0.25) is 0 Å². The molecule has 1 aliphatic carbocycles. The van der Waals surface area contributed by atoms with Gasteiger partial charge in [0.05, 0.1) is 7.11 Å². The predicted octanol–water partition coefficient (Wildman–Crippen LogP) is 7.63. The number of benzene rings is 4. The lowest BCUT2D eigenvalue weighted by atomic mass is 9.95. The van der Waals surface area contributed by atoms with Crippen LogP contribution in [0.5, 0.6) is 5.75 Å². The normalized spacial score (nSPS) is 13.7. The molecule has 0 saturated heterocycles. The van der Waals surface area contributed by atoms with Gasteiger partial charge in [0.25, 0.3) is 5.91 Å². The highest BCUT2D eigenvalue weighted by Crippen LogP contribution is 2.23. The zero-order chi connectivity index (χ0) is 26.9. The summed E-state index contributed by atoms with van der Waals surface area (Å²) in [6.07, 6.45) is 6.70. The summed E-state index contributed by atoms with van der Waals surface area (Å²) in [5, 5.41) is 3.73. The molecule has 200 valence electrons. The number of hydrogen-bond acceptors (Lipinski definition) is 3. The quantitative estimate of drug-likeness (QED) is 0.235. The minimum Gasteiger partial charge on any atom is -0.497 e. The van der Waals surface area contributed by atoms with Crippen molar-refractivity contribution in [2.24, 2.45) is 0 Å². The minimum atomic E-state index is 0.00278. The van der Waals surface area contributed by atoms with Crippen molar-refractivity contribution in [3.05, 3.63) is 125 Å². The Morgan fingerprint density at radius 2 is 1.28 bits per heavy atom. The molecule has 0 heterocycles. The van der Waals surface area contributed by atoms with Crippen molar-refractivity contribution in [3.8, 4) is 16.9 Å². The van der Waals surface area contributed by atoms with E-state index in [1.807, 2.05) is 47.4 Å². The molecule has 0 aliphatic heterocycles. The molecule has 0 spiro atoms. The molecular weight excluding hydrogens is 480 g/mol. The first-order valence-corrected chi connectivity index (χ1v) is 14.1. The number of hydrogen-bond donors (Lipinski definition) is 1. The van der Waals surface area contributed by atoms with Gasteiger partial charge in [0, 0.05) is 31.2 Å². The zero-order valence-electron chi connectivity index (χ0n) is 22.8. The lowest BCUT2D eigenvalue weighted by Gasteiger charge is -2.23. The number of rotatable bonds is 10. The number of amides is 1. The molecule has 39 heavy (non-hydrogen) atoms. The third-order valence-corrected chi connectivity index (χ3v) is 7.66. The van der Waals surface area contributed by atoms with Crippen molar-refractivity contribution in [3.63, 3.8) is 0 Å². The summed E-state index contributed by atoms with van der Waals surface area (Å²) in [7, 11) is 1.63. The van der Waals surface area contributed by atoms with Crippen molar-refractivity contribution < 1.29 is 9.53 Å². The molecule has 0 unspecified atom stereocenters. The van der Waals surface area contributed by atoms with E-state index in [9.17, 15) is 4.79 Å². The van der Waals surface area contributed by atoms with E-state index < -0.39 is 0 Å². The van der Waals surface area contributed by atoms with Crippen LogP contribution in [0.1, 0.15) is 59.2 Å². The van der Waals surface area contributed by atoms with Gasteiger partial charge >= 0.3 is 0 Å². The van der Waals surface area contributed by atoms with Gasteiger partial charge in [0.2, 0.25) is 0 Å². The molecular formula is C35H38N2O2. The molecule has 4 heteroatoms. The molecule has 5 rings (SSSR count). The van der Waals surface area contributed by atoms with Crippen molar-refractivity contribution >= 4 is 5.91 Å². The summed E-state index contributed by atoms with van der Waals surface area (Å²) >= 11 is 0. The number of nitrogens with zero attached hydrogens (tertiary/aromatic N) is 1. The highest BCUT2D eigenvalue weighted by molar-refractivity contribution is 5.94. The van der Waals surface area contributed by atoms with Crippen molar-refractivity contribution in [1.82, 2.24) is 10.2 Å². The molecule has 1 saturated carbocycles. The molecule has 1 amide bonds. The average Bonchev–Trinajstić information content (AvgIpc) is 3.01. The van der Waals surface area contributed by atoms with E-state index in [-0.39, 0.29) is 5.91 Å². The fourth-order valence-corrected chi connectivity index (χ4v) is 5.33. The van der Waals surface area contributed by atoms with Crippen LogP contribution in [-0.2, 0) is 19.6 Å². The highest BCUT2D eigenvalue weighted by Gasteiger charge is 2.17. The first-order valence-electron chi connectivity index (χ1n) is 14.1. The Morgan fingerprint density at radius 3 is 1.87 bits per heavy atom. The fraction of sp³-hybridized carbons (Fsp3) is 0.286. The Hall–Kier alpha value is -3.89. The highest BCUT2D eigenvalue weighted by atomic mass is 16.5. The van der Waals surface area contributed by atoms with Crippen LogP contribution in [0.25, 0.3) is 11.1 Å². The first-order chi connectivity index (χ1) is 19.2. The summed E-state index contributed by atoms with van der Waals surface area (Å²) in [5.74, 6) is 0.744. The summed E-state index contributed by atoms with van der Waals surface area (Å²) in [6.45, 7) is 2.01.